The van der Waals surface area contributed by atoms with Gasteiger partial charge in [0.15, 0.2) is 0 Å². The second-order valence-electron chi connectivity index (χ2n) is 4.10. The smallest absolute Gasteiger partial charge is 0.330 e. The first-order chi connectivity index (χ1) is 9.88. The van der Waals surface area contributed by atoms with Crippen LogP contribution in [0.2, 0.25) is 0 Å². The van der Waals surface area contributed by atoms with E-state index < -0.39 is 29.3 Å². The average Bonchev–Trinajstić information content (AvgIpc) is 2.39. The van der Waals surface area contributed by atoms with Crippen LogP contribution in [0.5, 0.6) is 0 Å². The van der Waals surface area contributed by atoms with Gasteiger partial charge in [0.05, 0.1) is 0 Å². The number of nitrogens with zero attached hydrogens (tertiary/aromatic N) is 1. The van der Waals surface area contributed by atoms with Gasteiger partial charge < -0.3 is 14.2 Å². The zero-order valence-electron chi connectivity index (χ0n) is 11.7. The molecule has 0 aliphatic carbocycles. The fourth-order valence-electron chi connectivity index (χ4n) is 1.30. The van der Waals surface area contributed by atoms with Crippen molar-refractivity contribution in [1.82, 2.24) is 9.55 Å². The maximum Gasteiger partial charge on any atom is 0.330 e. The third-order valence-electron chi connectivity index (χ3n) is 2.29. The molecule has 9 nitrogen and oxygen atoms in total. The van der Waals surface area contributed by atoms with Gasteiger partial charge in [-0.25, -0.2) is 4.79 Å². The first kappa shape index (κ1) is 16.6. The molecule has 1 N–H and O–H groups in total. The molecule has 0 bridgehead atoms. The monoisotopic (exact) mass is 300 g/mol. The molecule has 0 saturated heterocycles. The molecule has 1 heterocycles. The lowest BCUT2D eigenvalue weighted by molar-refractivity contribution is -0.154. The lowest BCUT2D eigenvalue weighted by Crippen LogP contribution is -2.33. The average molecular weight is 300 g/mol. The Bertz CT molecular complexity index is 586. The lowest BCUT2D eigenvalue weighted by atomic mass is 10.4. The van der Waals surface area contributed by atoms with Crippen LogP contribution in [-0.2, 0) is 30.5 Å². The van der Waals surface area contributed by atoms with Gasteiger partial charge in [0, 0.05) is 26.1 Å². The predicted molar refractivity (Wildman–Crippen MR) is 69.5 cm³/mol. The van der Waals surface area contributed by atoms with Gasteiger partial charge in [0.25, 0.3) is 5.56 Å². The highest BCUT2D eigenvalue weighted by Crippen LogP contribution is 1.98. The SMILES string of the molecule is CC(=O)OCC(COC(C)=O)OCn1ccc(=O)[nH]c1=O. The minimum atomic E-state index is -0.725. The molecule has 1 aromatic heterocycles. The molecule has 0 radical (unpaired) electrons. The molecule has 0 unspecified atom stereocenters. The summed E-state index contributed by atoms with van der Waals surface area (Å²) in [6.45, 7) is 2.02. The molecule has 0 aliphatic rings. The van der Waals surface area contributed by atoms with Crippen molar-refractivity contribution in [2.24, 2.45) is 0 Å². The van der Waals surface area contributed by atoms with Crippen LogP contribution in [0.25, 0.3) is 0 Å². The van der Waals surface area contributed by atoms with Crippen LogP contribution in [-0.4, -0.2) is 40.8 Å². The van der Waals surface area contributed by atoms with Crippen LogP contribution < -0.4 is 11.2 Å². The summed E-state index contributed by atoms with van der Waals surface area (Å²) in [5.41, 5.74) is -1.16. The van der Waals surface area contributed by atoms with E-state index in [0.29, 0.717) is 0 Å². The van der Waals surface area contributed by atoms with Crippen molar-refractivity contribution >= 4 is 11.9 Å². The zero-order valence-corrected chi connectivity index (χ0v) is 11.7. The van der Waals surface area contributed by atoms with Crippen LogP contribution in [0, 0.1) is 0 Å². The summed E-state index contributed by atoms with van der Waals surface area (Å²) >= 11 is 0. The number of aromatic nitrogens is 2. The standard InChI is InChI=1S/C12H16N2O7/c1-8(15)19-5-10(6-20-9(2)16)21-7-14-4-3-11(17)13-12(14)18/h3-4,10H,5-7H2,1-2H3,(H,13,17,18). The normalized spacial score (nSPS) is 10.4. The van der Waals surface area contributed by atoms with E-state index in [2.05, 4.69) is 4.98 Å². The Kier molecular flexibility index (Phi) is 6.34. The predicted octanol–water partition coefficient (Wildman–Crippen LogP) is -0.994. The third-order valence-corrected chi connectivity index (χ3v) is 2.29. The summed E-state index contributed by atoms with van der Waals surface area (Å²) in [5.74, 6) is -1.01. The number of nitrogens with one attached hydrogen (secondary N) is 1. The fraction of sp³-hybridized carbons (Fsp3) is 0.500. The second kappa shape index (κ2) is 8.00. The third kappa shape index (κ3) is 6.52. The molecule has 0 amide bonds. The molecule has 0 fully saturated rings. The molecule has 21 heavy (non-hydrogen) atoms. The molecule has 0 spiro atoms. The first-order valence-electron chi connectivity index (χ1n) is 6.06. The van der Waals surface area contributed by atoms with Gasteiger partial charge in [-0.05, 0) is 0 Å². The van der Waals surface area contributed by atoms with E-state index in [1.165, 1.54) is 20.0 Å². The summed E-state index contributed by atoms with van der Waals surface area (Å²) in [5, 5.41) is 0. The number of aromatic amines is 1. The quantitative estimate of drug-likeness (QED) is 0.642. The number of H-pyrrole nitrogens is 1. The summed E-state index contributed by atoms with van der Waals surface area (Å²) in [4.78, 5) is 46.0. The van der Waals surface area contributed by atoms with Crippen LogP contribution >= 0.6 is 0 Å². The highest BCUT2D eigenvalue weighted by atomic mass is 16.6. The molecule has 0 atom stereocenters. The van der Waals surface area contributed by atoms with Gasteiger partial charge >= 0.3 is 17.6 Å². The molecular weight excluding hydrogens is 284 g/mol. The highest BCUT2D eigenvalue weighted by molar-refractivity contribution is 5.66. The van der Waals surface area contributed by atoms with E-state index in [-0.39, 0.29) is 19.9 Å². The van der Waals surface area contributed by atoms with E-state index >= 15 is 0 Å². The van der Waals surface area contributed by atoms with Crippen LogP contribution in [0.3, 0.4) is 0 Å². The van der Waals surface area contributed by atoms with E-state index in [0.717, 1.165) is 10.6 Å². The van der Waals surface area contributed by atoms with E-state index in [1.807, 2.05) is 0 Å². The van der Waals surface area contributed by atoms with Crippen molar-refractivity contribution in [2.45, 2.75) is 26.7 Å². The van der Waals surface area contributed by atoms with Gasteiger partial charge in [0.2, 0.25) is 0 Å². The molecule has 0 saturated carbocycles. The number of hydrogen-bond donors (Lipinski definition) is 1. The first-order valence-corrected chi connectivity index (χ1v) is 6.06. The fourth-order valence-corrected chi connectivity index (χ4v) is 1.30. The maximum atomic E-state index is 11.4. The number of rotatable bonds is 7. The van der Waals surface area contributed by atoms with Gasteiger partial charge in [-0.2, -0.15) is 0 Å². The second-order valence-corrected chi connectivity index (χ2v) is 4.10. The Labute approximate surface area is 119 Å². The van der Waals surface area contributed by atoms with Crippen molar-refractivity contribution in [2.75, 3.05) is 13.2 Å². The topological polar surface area (TPSA) is 117 Å². The number of carbonyl (C=O) groups excluding carboxylic acids is 2. The molecule has 0 aliphatic heterocycles. The largest absolute Gasteiger partial charge is 0.463 e. The minimum absolute atomic E-state index is 0.124. The molecule has 1 rings (SSSR count). The number of ether oxygens (including phenoxy) is 3. The van der Waals surface area contributed by atoms with Crippen molar-refractivity contribution in [3.63, 3.8) is 0 Å². The van der Waals surface area contributed by atoms with Gasteiger partial charge in [-0.3, -0.25) is 23.9 Å². The molecular formula is C12H16N2O7. The summed E-state index contributed by atoms with van der Waals surface area (Å²) in [7, 11) is 0. The van der Waals surface area contributed by atoms with Gasteiger partial charge in [-0.1, -0.05) is 0 Å². The van der Waals surface area contributed by atoms with Crippen LogP contribution in [0.15, 0.2) is 21.9 Å². The summed E-state index contributed by atoms with van der Waals surface area (Å²) < 4.78 is 16.0. The van der Waals surface area contributed by atoms with E-state index in [9.17, 15) is 19.2 Å². The Morgan fingerprint density at radius 2 is 1.76 bits per heavy atom. The van der Waals surface area contributed by atoms with Crippen molar-refractivity contribution in [1.29, 1.82) is 0 Å². The van der Waals surface area contributed by atoms with Crippen LogP contribution in [0.1, 0.15) is 13.8 Å². The number of hydrogen-bond acceptors (Lipinski definition) is 7. The Hall–Kier alpha value is -2.42. The van der Waals surface area contributed by atoms with Crippen molar-refractivity contribution in [3.8, 4) is 0 Å². The Balaban J connectivity index is 2.62. The van der Waals surface area contributed by atoms with Crippen LogP contribution in [0.4, 0.5) is 0 Å². The van der Waals surface area contributed by atoms with Gasteiger partial charge in [0.1, 0.15) is 26.0 Å². The lowest BCUT2D eigenvalue weighted by Gasteiger charge is -2.17. The molecule has 0 aromatic carbocycles. The minimum Gasteiger partial charge on any atom is -0.463 e. The summed E-state index contributed by atoms with van der Waals surface area (Å²) in [6.07, 6.45) is 0.534. The highest BCUT2D eigenvalue weighted by Gasteiger charge is 2.14. The summed E-state index contributed by atoms with van der Waals surface area (Å²) in [6, 6.07) is 1.16. The maximum absolute atomic E-state index is 11.4. The zero-order chi connectivity index (χ0) is 15.8. The Morgan fingerprint density at radius 3 is 2.24 bits per heavy atom. The van der Waals surface area contributed by atoms with Gasteiger partial charge in [-0.15, -0.1) is 0 Å². The van der Waals surface area contributed by atoms with Crippen molar-refractivity contribution in [3.05, 3.63) is 33.1 Å². The Morgan fingerprint density at radius 1 is 1.19 bits per heavy atom. The molecule has 1 aromatic rings. The number of esters is 2. The molecule has 9 heteroatoms. The van der Waals surface area contributed by atoms with E-state index in [1.54, 1.807) is 0 Å². The number of carbonyl (C=O) groups is 2. The van der Waals surface area contributed by atoms with E-state index in [4.69, 9.17) is 14.2 Å². The molecule has 116 valence electrons. The van der Waals surface area contributed by atoms with Crippen molar-refractivity contribution < 1.29 is 23.8 Å².